The minimum absolute atomic E-state index is 0.0578. The highest BCUT2D eigenvalue weighted by molar-refractivity contribution is 7.11. The number of nitrogens with zero attached hydrogens (tertiary/aromatic N) is 2. The number of aromatic nitrogens is 1. The van der Waals surface area contributed by atoms with Crippen LogP contribution in [0.1, 0.15) is 37.1 Å². The number of likely N-dealkylation sites (tertiary alicyclic amines) is 1. The molecule has 4 nitrogen and oxygen atoms in total. The van der Waals surface area contributed by atoms with Crippen LogP contribution in [-0.2, 0) is 16.8 Å². The number of aliphatic carboxylic acids is 1. The average Bonchev–Trinajstić information content (AvgIpc) is 2.94. The molecule has 8 heteroatoms. The molecule has 0 bridgehead atoms. The highest BCUT2D eigenvalue weighted by Crippen LogP contribution is 2.46. The first kappa shape index (κ1) is 17.2. The molecule has 0 aliphatic carbocycles. The fraction of sp³-hybridized carbons (Fsp3) is 0.714. The van der Waals surface area contributed by atoms with Crippen molar-refractivity contribution in [3.63, 3.8) is 0 Å². The molecule has 1 fully saturated rings. The topological polar surface area (TPSA) is 53.4 Å². The van der Waals surface area contributed by atoms with Gasteiger partial charge in [-0.2, -0.15) is 13.2 Å². The van der Waals surface area contributed by atoms with Crippen molar-refractivity contribution in [3.8, 4) is 0 Å². The first-order valence-electron chi connectivity index (χ1n) is 6.93. The fourth-order valence-electron chi connectivity index (χ4n) is 2.47. The summed E-state index contributed by atoms with van der Waals surface area (Å²) in [5, 5.41) is 9.75. The number of hydrogen-bond donors (Lipinski definition) is 1. The minimum Gasteiger partial charge on any atom is -0.481 e. The summed E-state index contributed by atoms with van der Waals surface area (Å²) in [7, 11) is 0. The molecule has 1 aromatic rings. The van der Waals surface area contributed by atoms with E-state index in [-0.39, 0.29) is 18.5 Å². The predicted octanol–water partition coefficient (Wildman–Crippen LogP) is 3.28. The van der Waals surface area contributed by atoms with E-state index < -0.39 is 30.5 Å². The van der Waals surface area contributed by atoms with Gasteiger partial charge in [0.25, 0.3) is 0 Å². The first-order chi connectivity index (χ1) is 9.96. The second-order valence-electron chi connectivity index (χ2n) is 6.71. The zero-order valence-corrected chi connectivity index (χ0v) is 13.5. The molecule has 22 heavy (non-hydrogen) atoms. The normalized spacial score (nSPS) is 23.9. The number of carboxylic acids is 1. The van der Waals surface area contributed by atoms with Gasteiger partial charge in [-0.25, -0.2) is 4.98 Å². The van der Waals surface area contributed by atoms with Gasteiger partial charge in [0.1, 0.15) is 5.01 Å². The van der Waals surface area contributed by atoms with E-state index >= 15 is 0 Å². The van der Waals surface area contributed by atoms with Crippen molar-refractivity contribution in [2.45, 2.75) is 45.3 Å². The van der Waals surface area contributed by atoms with Crippen LogP contribution in [0.4, 0.5) is 13.2 Å². The Bertz CT molecular complexity index is 565. The third-order valence-electron chi connectivity index (χ3n) is 3.95. The van der Waals surface area contributed by atoms with E-state index in [1.807, 2.05) is 20.8 Å². The lowest BCUT2D eigenvalue weighted by molar-refractivity contribution is -0.227. The Kier molecular flexibility index (Phi) is 4.29. The van der Waals surface area contributed by atoms with Gasteiger partial charge in [-0.05, 0) is 11.8 Å². The highest BCUT2D eigenvalue weighted by atomic mass is 32.1. The summed E-state index contributed by atoms with van der Waals surface area (Å²) >= 11 is 1.46. The van der Waals surface area contributed by atoms with E-state index in [1.165, 1.54) is 16.2 Å². The summed E-state index contributed by atoms with van der Waals surface area (Å²) in [4.78, 5) is 18.0. The highest BCUT2D eigenvalue weighted by Gasteiger charge is 2.63. The van der Waals surface area contributed by atoms with Crippen LogP contribution in [0.3, 0.4) is 0 Å². The van der Waals surface area contributed by atoms with Crippen LogP contribution < -0.4 is 0 Å². The van der Waals surface area contributed by atoms with Crippen LogP contribution in [-0.4, -0.2) is 40.2 Å². The number of rotatable bonds is 3. The summed E-state index contributed by atoms with van der Waals surface area (Å²) in [5.74, 6) is -1.79. The molecule has 1 aromatic heterocycles. The maximum Gasteiger partial charge on any atom is 0.406 e. The summed E-state index contributed by atoms with van der Waals surface area (Å²) in [6.45, 7) is 5.97. The third kappa shape index (κ3) is 3.12. The molecule has 124 valence electrons. The minimum atomic E-state index is -4.74. The molecule has 1 saturated heterocycles. The summed E-state index contributed by atoms with van der Waals surface area (Å²) in [6, 6.07) is 0. The number of halogens is 3. The predicted molar refractivity (Wildman–Crippen MR) is 76.8 cm³/mol. The van der Waals surface area contributed by atoms with Crippen molar-refractivity contribution < 1.29 is 23.1 Å². The molecule has 1 unspecified atom stereocenters. The molecule has 1 aliphatic rings. The van der Waals surface area contributed by atoms with Gasteiger partial charge in [-0.1, -0.05) is 20.8 Å². The molecule has 0 spiro atoms. The number of alkyl halides is 3. The number of thiazole rings is 1. The molecule has 0 amide bonds. The van der Waals surface area contributed by atoms with Crippen molar-refractivity contribution in [3.05, 3.63) is 16.1 Å². The van der Waals surface area contributed by atoms with Gasteiger partial charge in [0, 0.05) is 24.2 Å². The van der Waals surface area contributed by atoms with Crippen LogP contribution in [0.15, 0.2) is 6.20 Å². The van der Waals surface area contributed by atoms with Crippen LogP contribution in [0.25, 0.3) is 0 Å². The van der Waals surface area contributed by atoms with E-state index in [4.69, 9.17) is 5.11 Å². The lowest BCUT2D eigenvalue weighted by Gasteiger charge is -2.27. The Morgan fingerprint density at radius 1 is 1.45 bits per heavy atom. The maximum absolute atomic E-state index is 13.1. The van der Waals surface area contributed by atoms with Gasteiger partial charge >= 0.3 is 12.1 Å². The molecule has 1 aliphatic heterocycles. The second-order valence-corrected chi connectivity index (χ2v) is 7.83. The number of hydrogen-bond acceptors (Lipinski definition) is 4. The second kappa shape index (κ2) is 5.49. The smallest absolute Gasteiger partial charge is 0.406 e. The monoisotopic (exact) mass is 336 g/mol. The van der Waals surface area contributed by atoms with Crippen molar-refractivity contribution >= 4 is 17.3 Å². The Morgan fingerprint density at radius 2 is 2.09 bits per heavy atom. The largest absolute Gasteiger partial charge is 0.481 e. The Morgan fingerprint density at radius 3 is 2.50 bits per heavy atom. The Labute approximate surface area is 131 Å². The lowest BCUT2D eigenvalue weighted by Crippen LogP contribution is -2.47. The van der Waals surface area contributed by atoms with Gasteiger partial charge in [0.15, 0.2) is 5.41 Å². The summed E-state index contributed by atoms with van der Waals surface area (Å²) in [5.41, 5.74) is -2.71. The first-order valence-corrected chi connectivity index (χ1v) is 7.75. The van der Waals surface area contributed by atoms with E-state index in [2.05, 4.69) is 4.98 Å². The Hall–Kier alpha value is -1.15. The van der Waals surface area contributed by atoms with Crippen LogP contribution in [0.2, 0.25) is 0 Å². The van der Waals surface area contributed by atoms with Gasteiger partial charge in [0.05, 0.1) is 6.54 Å². The third-order valence-corrected chi connectivity index (χ3v) is 5.36. The number of carboxylic acid groups (broad SMARTS) is 1. The van der Waals surface area contributed by atoms with Gasteiger partial charge in [-0.15, -0.1) is 11.3 Å². The van der Waals surface area contributed by atoms with Crippen molar-refractivity contribution in [2.24, 2.45) is 5.41 Å². The van der Waals surface area contributed by atoms with E-state index in [1.54, 1.807) is 6.20 Å². The van der Waals surface area contributed by atoms with Gasteiger partial charge in [-0.3, -0.25) is 9.69 Å². The van der Waals surface area contributed by atoms with E-state index in [0.717, 1.165) is 4.88 Å². The molecular weight excluding hydrogens is 317 g/mol. The average molecular weight is 336 g/mol. The zero-order chi connectivity index (χ0) is 16.8. The summed E-state index contributed by atoms with van der Waals surface area (Å²) in [6.07, 6.45) is -3.42. The van der Waals surface area contributed by atoms with Gasteiger partial charge in [0.2, 0.25) is 0 Å². The van der Waals surface area contributed by atoms with Gasteiger partial charge < -0.3 is 5.11 Å². The number of carbonyl (C=O) groups is 1. The molecule has 1 atom stereocenters. The molecule has 2 heterocycles. The fourth-order valence-corrected chi connectivity index (χ4v) is 3.49. The molecule has 0 radical (unpaired) electrons. The van der Waals surface area contributed by atoms with Crippen molar-refractivity contribution in [1.29, 1.82) is 0 Å². The molecular formula is C14H19F3N2O2S. The molecule has 0 aromatic carbocycles. The van der Waals surface area contributed by atoms with Crippen LogP contribution in [0.5, 0.6) is 0 Å². The quantitative estimate of drug-likeness (QED) is 0.920. The maximum atomic E-state index is 13.1. The van der Waals surface area contributed by atoms with Crippen molar-refractivity contribution in [2.75, 3.05) is 13.1 Å². The Balaban J connectivity index is 2.11. The summed E-state index contributed by atoms with van der Waals surface area (Å²) < 4.78 is 39.4. The zero-order valence-electron chi connectivity index (χ0n) is 12.7. The standard InChI is InChI=1S/C14H19F3N2O2S/c1-12(2,3)9-6-18-10(22-9)7-19-5-4-13(8-19,11(20)21)14(15,16)17/h6H,4-5,7-8H2,1-3H3,(H,20,21). The SMILES string of the molecule is CC(C)(C)c1cnc(CN2CCC(C(=O)O)(C(F)(F)F)C2)s1. The van der Waals surface area contributed by atoms with E-state index in [9.17, 15) is 18.0 Å². The van der Waals surface area contributed by atoms with Crippen LogP contribution >= 0.6 is 11.3 Å². The molecule has 0 saturated carbocycles. The van der Waals surface area contributed by atoms with Crippen LogP contribution in [0, 0.1) is 5.41 Å². The molecule has 2 rings (SSSR count). The lowest BCUT2D eigenvalue weighted by atomic mass is 9.86. The van der Waals surface area contributed by atoms with E-state index in [0.29, 0.717) is 5.01 Å². The molecule has 1 N–H and O–H groups in total. The van der Waals surface area contributed by atoms with Crippen molar-refractivity contribution in [1.82, 2.24) is 9.88 Å².